The maximum absolute atomic E-state index is 12.9. The number of fused-ring (bicyclic) bond motifs is 1. The highest BCUT2D eigenvalue weighted by Gasteiger charge is 2.49. The number of Topliss-reactive ketones (excluding diaryl/α,β-unsaturated/α-hetero) is 2. The Bertz CT molecular complexity index is 1090. The summed E-state index contributed by atoms with van der Waals surface area (Å²) in [6.07, 6.45) is 0.138. The first-order chi connectivity index (χ1) is 15.2. The van der Waals surface area contributed by atoms with Gasteiger partial charge in [0.2, 0.25) is 6.79 Å². The van der Waals surface area contributed by atoms with Gasteiger partial charge in [0.15, 0.2) is 17.3 Å². The Balaban J connectivity index is 1.85. The van der Waals surface area contributed by atoms with Crippen molar-refractivity contribution in [3.8, 4) is 17.2 Å². The summed E-state index contributed by atoms with van der Waals surface area (Å²) in [4.78, 5) is 25.7. The molecule has 0 saturated carbocycles. The molecule has 0 bridgehead atoms. The van der Waals surface area contributed by atoms with Crippen molar-refractivity contribution in [1.29, 1.82) is 0 Å². The summed E-state index contributed by atoms with van der Waals surface area (Å²) in [6, 6.07) is 12.7. The van der Waals surface area contributed by atoms with E-state index in [-0.39, 0.29) is 24.8 Å². The Morgan fingerprint density at radius 2 is 1.78 bits per heavy atom. The van der Waals surface area contributed by atoms with Gasteiger partial charge < -0.3 is 24.6 Å². The van der Waals surface area contributed by atoms with Crippen LogP contribution in [0.15, 0.2) is 53.7 Å². The van der Waals surface area contributed by atoms with Gasteiger partial charge in [-0.15, -0.1) is 0 Å². The molecule has 0 amide bonds. The van der Waals surface area contributed by atoms with Gasteiger partial charge in [-0.25, -0.2) is 0 Å². The molecule has 4 rings (SSSR count). The number of benzene rings is 2. The van der Waals surface area contributed by atoms with Crippen molar-refractivity contribution in [2.75, 3.05) is 19.2 Å². The lowest BCUT2D eigenvalue weighted by Crippen LogP contribution is -2.48. The molecule has 2 aromatic carbocycles. The second-order valence-electron chi connectivity index (χ2n) is 8.51. The van der Waals surface area contributed by atoms with Crippen molar-refractivity contribution in [3.05, 3.63) is 59.3 Å². The van der Waals surface area contributed by atoms with Crippen molar-refractivity contribution in [2.24, 2.45) is 5.92 Å². The molecule has 3 atom stereocenters. The molecule has 7 heteroatoms. The molecule has 2 N–H and O–H groups in total. The standard InChI is InChI=1S/C25H27NO6/c1-14(27)22-19(26-17-6-8-18(30-4)9-7-17)12-25(3,29)24(15(2)28)23(22)16-5-10-20-21(11-16)32-13-31-20/h5-11,23-24,26,29H,12-13H2,1-4H3/t23-,24+,25-/m0/s1. The molecule has 7 nitrogen and oxygen atoms in total. The molecule has 1 aliphatic carbocycles. The maximum atomic E-state index is 12.9. The highest BCUT2D eigenvalue weighted by atomic mass is 16.7. The third kappa shape index (κ3) is 3.96. The van der Waals surface area contributed by atoms with E-state index in [2.05, 4.69) is 5.32 Å². The number of anilines is 1. The Kier molecular flexibility index (Phi) is 5.69. The van der Waals surface area contributed by atoms with Gasteiger partial charge in [-0.1, -0.05) is 6.07 Å². The molecular weight excluding hydrogens is 410 g/mol. The highest BCUT2D eigenvalue weighted by Crippen LogP contribution is 2.49. The number of hydrogen-bond acceptors (Lipinski definition) is 7. The monoisotopic (exact) mass is 437 g/mol. The number of nitrogens with one attached hydrogen (secondary N) is 1. The topological polar surface area (TPSA) is 94.1 Å². The van der Waals surface area contributed by atoms with Crippen LogP contribution in [0.5, 0.6) is 17.2 Å². The number of ketones is 2. The number of aliphatic hydroxyl groups is 1. The van der Waals surface area contributed by atoms with Crippen LogP contribution in [0.1, 0.15) is 38.7 Å². The van der Waals surface area contributed by atoms with Crippen LogP contribution >= 0.6 is 0 Å². The van der Waals surface area contributed by atoms with E-state index in [0.29, 0.717) is 34.1 Å². The molecule has 2 aromatic rings. The van der Waals surface area contributed by atoms with E-state index < -0.39 is 17.4 Å². The van der Waals surface area contributed by atoms with E-state index in [4.69, 9.17) is 14.2 Å². The lowest BCUT2D eigenvalue weighted by Gasteiger charge is -2.43. The summed E-state index contributed by atoms with van der Waals surface area (Å²) in [5, 5.41) is 14.7. The summed E-state index contributed by atoms with van der Waals surface area (Å²) in [6.45, 7) is 4.71. The first kappa shape index (κ1) is 21.9. The van der Waals surface area contributed by atoms with Gasteiger partial charge >= 0.3 is 0 Å². The zero-order valence-electron chi connectivity index (χ0n) is 18.6. The molecule has 1 aliphatic heterocycles. The summed E-state index contributed by atoms with van der Waals surface area (Å²) in [5.41, 5.74) is 1.18. The van der Waals surface area contributed by atoms with Crippen molar-refractivity contribution in [3.63, 3.8) is 0 Å². The number of carbonyl (C=O) groups excluding carboxylic acids is 2. The third-order valence-electron chi connectivity index (χ3n) is 6.13. The van der Waals surface area contributed by atoms with Crippen LogP contribution in [-0.4, -0.2) is 36.2 Å². The Labute approximate surface area is 187 Å². The molecule has 0 radical (unpaired) electrons. The number of carbonyl (C=O) groups is 2. The van der Waals surface area contributed by atoms with Gasteiger partial charge in [0.25, 0.3) is 0 Å². The predicted molar refractivity (Wildman–Crippen MR) is 119 cm³/mol. The fourth-order valence-electron chi connectivity index (χ4n) is 4.81. The average molecular weight is 437 g/mol. The minimum atomic E-state index is -1.36. The zero-order chi connectivity index (χ0) is 23.0. The van der Waals surface area contributed by atoms with Crippen LogP contribution in [0.25, 0.3) is 0 Å². The normalized spacial score (nSPS) is 24.3. The van der Waals surface area contributed by atoms with Crippen LogP contribution in [0.4, 0.5) is 5.69 Å². The summed E-state index contributed by atoms with van der Waals surface area (Å²) < 4.78 is 16.1. The molecule has 0 spiro atoms. The molecule has 0 aromatic heterocycles. The molecule has 0 saturated heterocycles. The predicted octanol–water partition coefficient (Wildman–Crippen LogP) is 3.82. The average Bonchev–Trinajstić information content (AvgIpc) is 3.20. The Morgan fingerprint density at radius 3 is 2.41 bits per heavy atom. The van der Waals surface area contributed by atoms with Crippen LogP contribution in [0.2, 0.25) is 0 Å². The smallest absolute Gasteiger partial charge is 0.231 e. The van der Waals surface area contributed by atoms with E-state index in [1.165, 1.54) is 13.8 Å². The lowest BCUT2D eigenvalue weighted by atomic mass is 9.64. The van der Waals surface area contributed by atoms with E-state index in [1.807, 2.05) is 30.3 Å². The molecule has 32 heavy (non-hydrogen) atoms. The SMILES string of the molecule is COc1ccc(NC2=C(C(C)=O)[C@H](c3ccc4c(c3)OCO4)[C@@H](C(C)=O)[C@@](C)(O)C2)cc1. The summed E-state index contributed by atoms with van der Waals surface area (Å²) >= 11 is 0. The van der Waals surface area contributed by atoms with Crippen LogP contribution < -0.4 is 19.5 Å². The number of allylic oxidation sites excluding steroid dienone is 1. The fraction of sp³-hybridized carbons (Fsp3) is 0.360. The van der Waals surface area contributed by atoms with Gasteiger partial charge in [-0.05, 0) is 62.7 Å². The van der Waals surface area contributed by atoms with Gasteiger partial charge in [0.1, 0.15) is 11.5 Å². The van der Waals surface area contributed by atoms with Gasteiger partial charge in [-0.2, -0.15) is 0 Å². The van der Waals surface area contributed by atoms with Crippen LogP contribution in [0.3, 0.4) is 0 Å². The van der Waals surface area contributed by atoms with Crippen LogP contribution in [0, 0.1) is 5.92 Å². The largest absolute Gasteiger partial charge is 0.497 e. The Hall–Kier alpha value is -3.32. The zero-order valence-corrected chi connectivity index (χ0v) is 18.6. The van der Waals surface area contributed by atoms with Crippen molar-refractivity contribution < 1.29 is 28.9 Å². The second kappa shape index (κ2) is 8.31. The first-order valence-electron chi connectivity index (χ1n) is 10.5. The number of ether oxygens (including phenoxy) is 3. The van der Waals surface area contributed by atoms with Crippen molar-refractivity contribution in [2.45, 2.75) is 38.7 Å². The molecular formula is C25H27NO6. The number of rotatable bonds is 6. The van der Waals surface area contributed by atoms with Gasteiger partial charge in [0, 0.05) is 29.3 Å². The lowest BCUT2D eigenvalue weighted by molar-refractivity contribution is -0.131. The number of methoxy groups -OCH3 is 1. The minimum absolute atomic E-state index is 0.122. The third-order valence-corrected chi connectivity index (χ3v) is 6.13. The van der Waals surface area contributed by atoms with Crippen molar-refractivity contribution in [1.82, 2.24) is 0 Å². The van der Waals surface area contributed by atoms with E-state index in [9.17, 15) is 14.7 Å². The number of hydrogen-bond donors (Lipinski definition) is 2. The van der Waals surface area contributed by atoms with E-state index in [0.717, 1.165) is 5.69 Å². The Morgan fingerprint density at radius 1 is 1.09 bits per heavy atom. The second-order valence-corrected chi connectivity index (χ2v) is 8.51. The molecule has 2 aliphatic rings. The molecule has 1 heterocycles. The van der Waals surface area contributed by atoms with Crippen molar-refractivity contribution >= 4 is 17.3 Å². The van der Waals surface area contributed by atoms with Gasteiger partial charge in [0.05, 0.1) is 18.6 Å². The van der Waals surface area contributed by atoms with E-state index >= 15 is 0 Å². The molecule has 168 valence electrons. The molecule has 0 fully saturated rings. The minimum Gasteiger partial charge on any atom is -0.497 e. The quantitative estimate of drug-likeness (QED) is 0.709. The summed E-state index contributed by atoms with van der Waals surface area (Å²) in [7, 11) is 1.59. The van der Waals surface area contributed by atoms with E-state index in [1.54, 1.807) is 26.2 Å². The maximum Gasteiger partial charge on any atom is 0.231 e. The highest BCUT2D eigenvalue weighted by molar-refractivity contribution is 5.98. The summed E-state index contributed by atoms with van der Waals surface area (Å²) in [5.74, 6) is 0.114. The fourth-order valence-corrected chi connectivity index (χ4v) is 4.81. The first-order valence-corrected chi connectivity index (χ1v) is 10.5. The molecule has 0 unspecified atom stereocenters. The van der Waals surface area contributed by atoms with Crippen LogP contribution in [-0.2, 0) is 9.59 Å². The van der Waals surface area contributed by atoms with Gasteiger partial charge in [-0.3, -0.25) is 9.59 Å².